The second kappa shape index (κ2) is 7.89. The molecule has 152 valence electrons. The molecular weight excluding hydrogens is 422 g/mol. The fourth-order valence-corrected chi connectivity index (χ4v) is 6.07. The lowest BCUT2D eigenvalue weighted by Gasteiger charge is -2.33. The quantitative estimate of drug-likeness (QED) is 0.300. The van der Waals surface area contributed by atoms with Crippen molar-refractivity contribution in [1.29, 1.82) is 0 Å². The predicted molar refractivity (Wildman–Crippen MR) is 123 cm³/mol. The van der Waals surface area contributed by atoms with Crippen LogP contribution in [0.25, 0.3) is 10.2 Å². The van der Waals surface area contributed by atoms with Crippen molar-refractivity contribution in [2.24, 2.45) is 11.3 Å². The van der Waals surface area contributed by atoms with Crippen LogP contribution in [0.5, 0.6) is 0 Å². The summed E-state index contributed by atoms with van der Waals surface area (Å²) < 4.78 is 0. The Morgan fingerprint density at radius 3 is 2.69 bits per heavy atom. The molecule has 2 aromatic heterocycles. The summed E-state index contributed by atoms with van der Waals surface area (Å²) in [7, 11) is 0. The maximum Gasteiger partial charge on any atom is 0.191 e. The van der Waals surface area contributed by atoms with Crippen molar-refractivity contribution in [3.63, 3.8) is 0 Å². The minimum atomic E-state index is 0.0208. The molecule has 3 aromatic rings. The molecule has 0 saturated heterocycles. The monoisotopic (exact) mass is 445 g/mol. The number of thiophene rings is 1. The molecule has 4 rings (SSSR count). The molecule has 1 aliphatic rings. The Labute approximate surface area is 184 Å². The lowest BCUT2D eigenvalue weighted by Crippen LogP contribution is -2.26. The number of Topliss-reactive ketones (excluding diaryl/α,β-unsaturated/α-hetero) is 1. The molecule has 29 heavy (non-hydrogen) atoms. The van der Waals surface area contributed by atoms with Gasteiger partial charge in [-0.25, -0.2) is 9.97 Å². The Morgan fingerprint density at radius 2 is 2.00 bits per heavy atom. The van der Waals surface area contributed by atoms with Gasteiger partial charge in [0.25, 0.3) is 0 Å². The lowest BCUT2D eigenvalue weighted by molar-refractivity contribution is 0.102. The SMILES string of the molecule is CC(C)(C)[C@H]1CCc2c(sc3nc(SCC(=O)c4ccc(Cl)cc4)nc(N)c23)C1. The number of nitrogens with zero attached hydrogens (tertiary/aromatic N) is 2. The summed E-state index contributed by atoms with van der Waals surface area (Å²) in [5.74, 6) is 1.49. The zero-order valence-corrected chi connectivity index (χ0v) is 19.2. The zero-order chi connectivity index (χ0) is 20.8. The van der Waals surface area contributed by atoms with Crippen LogP contribution in [0, 0.1) is 11.3 Å². The minimum Gasteiger partial charge on any atom is -0.383 e. The number of thioether (sulfide) groups is 1. The van der Waals surface area contributed by atoms with E-state index in [2.05, 4.69) is 25.8 Å². The van der Waals surface area contributed by atoms with Crippen molar-refractivity contribution in [3.05, 3.63) is 45.3 Å². The number of aryl methyl sites for hydroxylation is 1. The van der Waals surface area contributed by atoms with Crippen molar-refractivity contribution in [1.82, 2.24) is 9.97 Å². The van der Waals surface area contributed by atoms with E-state index >= 15 is 0 Å². The Morgan fingerprint density at radius 1 is 1.28 bits per heavy atom. The van der Waals surface area contributed by atoms with E-state index in [-0.39, 0.29) is 11.5 Å². The van der Waals surface area contributed by atoms with E-state index in [0.29, 0.717) is 32.9 Å². The average molecular weight is 446 g/mol. The van der Waals surface area contributed by atoms with Crippen molar-refractivity contribution in [2.45, 2.75) is 45.2 Å². The van der Waals surface area contributed by atoms with Crippen LogP contribution in [0.15, 0.2) is 29.4 Å². The zero-order valence-electron chi connectivity index (χ0n) is 16.8. The third-order valence-electron chi connectivity index (χ3n) is 5.64. The van der Waals surface area contributed by atoms with Gasteiger partial charge in [-0.15, -0.1) is 11.3 Å². The van der Waals surface area contributed by atoms with E-state index in [1.165, 1.54) is 28.6 Å². The van der Waals surface area contributed by atoms with Crippen LogP contribution in [0.3, 0.4) is 0 Å². The number of benzene rings is 1. The highest BCUT2D eigenvalue weighted by Gasteiger charge is 2.31. The fraction of sp³-hybridized carbons (Fsp3) is 0.409. The number of halogens is 1. The summed E-state index contributed by atoms with van der Waals surface area (Å²) >= 11 is 8.96. The number of rotatable bonds is 4. The summed E-state index contributed by atoms with van der Waals surface area (Å²) in [6.45, 7) is 6.95. The number of anilines is 1. The Hall–Kier alpha value is -1.63. The van der Waals surface area contributed by atoms with Gasteiger partial charge in [0, 0.05) is 15.5 Å². The van der Waals surface area contributed by atoms with Crippen molar-refractivity contribution < 1.29 is 4.79 Å². The molecule has 0 amide bonds. The van der Waals surface area contributed by atoms with E-state index in [9.17, 15) is 4.79 Å². The third-order valence-corrected chi connectivity index (χ3v) is 7.89. The highest BCUT2D eigenvalue weighted by Crippen LogP contribution is 2.44. The number of carbonyl (C=O) groups excluding carboxylic acids is 1. The first-order chi connectivity index (χ1) is 13.7. The van der Waals surface area contributed by atoms with Gasteiger partial charge >= 0.3 is 0 Å². The number of aromatic nitrogens is 2. The molecular formula is C22H24ClN3OS2. The molecule has 1 aliphatic carbocycles. The van der Waals surface area contributed by atoms with Gasteiger partial charge < -0.3 is 5.73 Å². The summed E-state index contributed by atoms with van der Waals surface area (Å²) in [6.07, 6.45) is 3.29. The first-order valence-electron chi connectivity index (χ1n) is 9.71. The van der Waals surface area contributed by atoms with Gasteiger partial charge in [0.05, 0.1) is 11.1 Å². The Bertz CT molecular complexity index is 1070. The number of hydrogen-bond acceptors (Lipinski definition) is 6. The van der Waals surface area contributed by atoms with Gasteiger partial charge in [-0.05, 0) is 60.4 Å². The first-order valence-corrected chi connectivity index (χ1v) is 11.9. The van der Waals surface area contributed by atoms with Crippen LogP contribution in [0.4, 0.5) is 5.82 Å². The maximum absolute atomic E-state index is 12.4. The first kappa shape index (κ1) is 20.6. The summed E-state index contributed by atoms with van der Waals surface area (Å²) in [5, 5.41) is 2.19. The number of ketones is 1. The average Bonchev–Trinajstić information content (AvgIpc) is 3.04. The van der Waals surface area contributed by atoms with Crippen molar-refractivity contribution in [2.75, 3.05) is 11.5 Å². The molecule has 0 saturated carbocycles. The molecule has 7 heteroatoms. The van der Waals surface area contributed by atoms with Crippen LogP contribution < -0.4 is 5.73 Å². The predicted octanol–water partition coefficient (Wildman–Crippen LogP) is 6.05. The fourth-order valence-electron chi connectivity index (χ4n) is 3.84. The number of nitrogen functional groups attached to an aromatic ring is 1. The highest BCUT2D eigenvalue weighted by atomic mass is 35.5. The number of nitrogens with two attached hydrogens (primary N) is 1. The Balaban J connectivity index is 1.55. The number of carbonyl (C=O) groups is 1. The molecule has 0 unspecified atom stereocenters. The molecule has 1 aromatic carbocycles. The van der Waals surface area contributed by atoms with E-state index in [1.807, 2.05) is 0 Å². The van der Waals surface area contributed by atoms with Gasteiger partial charge in [-0.1, -0.05) is 44.1 Å². The largest absolute Gasteiger partial charge is 0.383 e. The molecule has 0 radical (unpaired) electrons. The topological polar surface area (TPSA) is 68.9 Å². The van der Waals surface area contributed by atoms with Crippen molar-refractivity contribution >= 4 is 56.5 Å². The molecule has 2 N–H and O–H groups in total. The van der Waals surface area contributed by atoms with Gasteiger partial charge in [0.15, 0.2) is 10.9 Å². The van der Waals surface area contributed by atoms with E-state index in [1.54, 1.807) is 35.6 Å². The van der Waals surface area contributed by atoms with Crippen LogP contribution in [-0.2, 0) is 12.8 Å². The molecule has 1 atom stereocenters. The Kier molecular flexibility index (Phi) is 5.62. The maximum atomic E-state index is 12.4. The lowest BCUT2D eigenvalue weighted by atomic mass is 9.72. The van der Waals surface area contributed by atoms with E-state index < -0.39 is 0 Å². The smallest absolute Gasteiger partial charge is 0.191 e. The third kappa shape index (κ3) is 4.30. The number of fused-ring (bicyclic) bond motifs is 3. The molecule has 4 nitrogen and oxygen atoms in total. The molecule has 0 aliphatic heterocycles. The van der Waals surface area contributed by atoms with Crippen LogP contribution in [0.2, 0.25) is 5.02 Å². The van der Waals surface area contributed by atoms with Gasteiger partial charge in [-0.3, -0.25) is 4.79 Å². The van der Waals surface area contributed by atoms with E-state index in [0.717, 1.165) is 23.1 Å². The molecule has 0 bridgehead atoms. The normalized spacial score (nSPS) is 16.8. The second-order valence-corrected chi connectivity index (χ2v) is 11.1. The van der Waals surface area contributed by atoms with Crippen LogP contribution in [0.1, 0.15) is 48.0 Å². The van der Waals surface area contributed by atoms with Crippen LogP contribution in [-0.4, -0.2) is 21.5 Å². The summed E-state index contributed by atoms with van der Waals surface area (Å²) in [4.78, 5) is 24.0. The molecule has 0 fully saturated rings. The second-order valence-electron chi connectivity index (χ2n) is 8.60. The minimum absolute atomic E-state index is 0.0208. The van der Waals surface area contributed by atoms with Gasteiger partial charge in [0.2, 0.25) is 0 Å². The van der Waals surface area contributed by atoms with Gasteiger partial charge in [0.1, 0.15) is 10.6 Å². The molecule has 2 heterocycles. The van der Waals surface area contributed by atoms with Crippen molar-refractivity contribution in [3.8, 4) is 0 Å². The van der Waals surface area contributed by atoms with Crippen LogP contribution >= 0.6 is 34.7 Å². The van der Waals surface area contributed by atoms with Gasteiger partial charge in [-0.2, -0.15) is 0 Å². The molecule has 0 spiro atoms. The summed E-state index contributed by atoms with van der Waals surface area (Å²) in [6, 6.07) is 6.92. The number of hydrogen-bond donors (Lipinski definition) is 1. The summed E-state index contributed by atoms with van der Waals surface area (Å²) in [5.41, 5.74) is 8.59. The highest BCUT2D eigenvalue weighted by molar-refractivity contribution is 7.99. The van der Waals surface area contributed by atoms with E-state index in [4.69, 9.17) is 22.3 Å². The standard InChI is InChI=1S/C22H24ClN3OS2/c1-22(2,3)13-6-9-15-17(10-13)29-20-18(15)19(24)25-21(26-20)28-11-16(27)12-4-7-14(23)8-5-12/h4-5,7-8,13H,6,9-11H2,1-3H3,(H2,24,25,26)/t13-/m0/s1.